The van der Waals surface area contributed by atoms with Gasteiger partial charge in [-0.15, -0.1) is 11.8 Å². The van der Waals surface area contributed by atoms with Crippen LogP contribution >= 0.6 is 11.8 Å². The van der Waals surface area contributed by atoms with E-state index in [0.717, 1.165) is 37.8 Å². The van der Waals surface area contributed by atoms with Gasteiger partial charge in [0.2, 0.25) is 5.91 Å². The van der Waals surface area contributed by atoms with E-state index in [1.165, 1.54) is 5.69 Å². The van der Waals surface area contributed by atoms with Crippen molar-refractivity contribution in [3.63, 3.8) is 0 Å². The Morgan fingerprint density at radius 3 is 2.53 bits per heavy atom. The molecular weight excluding hydrogens is 258 g/mol. The van der Waals surface area contributed by atoms with Crippen molar-refractivity contribution in [2.75, 3.05) is 42.7 Å². The van der Waals surface area contributed by atoms with Gasteiger partial charge in [-0.2, -0.15) is 0 Å². The van der Waals surface area contributed by atoms with Gasteiger partial charge in [0.1, 0.15) is 0 Å². The molecule has 0 spiro atoms. The molecule has 0 saturated carbocycles. The summed E-state index contributed by atoms with van der Waals surface area (Å²) in [5.74, 6) is 2.09. The van der Waals surface area contributed by atoms with Gasteiger partial charge in [0.05, 0.1) is 6.04 Å². The van der Waals surface area contributed by atoms with Crippen LogP contribution in [0.5, 0.6) is 0 Å². The number of nitrogens with zero attached hydrogens (tertiary/aromatic N) is 2. The second kappa shape index (κ2) is 5.84. The fraction of sp³-hybridized carbons (Fsp3) is 0.500. The van der Waals surface area contributed by atoms with E-state index < -0.39 is 0 Å². The van der Waals surface area contributed by atoms with Crippen LogP contribution in [0.4, 0.5) is 5.69 Å². The molecule has 0 bridgehead atoms. The quantitative estimate of drug-likeness (QED) is 0.875. The highest BCUT2D eigenvalue weighted by Gasteiger charge is 2.29. The van der Waals surface area contributed by atoms with E-state index in [9.17, 15) is 4.79 Å². The van der Waals surface area contributed by atoms with Crippen molar-refractivity contribution < 1.29 is 4.79 Å². The second-order valence-electron chi connectivity index (χ2n) is 4.92. The lowest BCUT2D eigenvalue weighted by Crippen LogP contribution is -2.53. The molecule has 2 heterocycles. The first-order valence-corrected chi connectivity index (χ1v) is 7.90. The molecule has 2 aliphatic rings. The highest BCUT2D eigenvalue weighted by Crippen LogP contribution is 2.17. The highest BCUT2D eigenvalue weighted by atomic mass is 32.2. The van der Waals surface area contributed by atoms with Crippen molar-refractivity contribution in [1.82, 2.24) is 10.2 Å². The fourth-order valence-corrected chi connectivity index (χ4v) is 3.53. The summed E-state index contributed by atoms with van der Waals surface area (Å²) in [4.78, 5) is 16.6. The molecule has 5 heteroatoms. The maximum Gasteiger partial charge on any atom is 0.240 e. The van der Waals surface area contributed by atoms with E-state index in [2.05, 4.69) is 34.5 Å². The molecule has 2 fully saturated rings. The summed E-state index contributed by atoms with van der Waals surface area (Å²) in [7, 11) is 0. The van der Waals surface area contributed by atoms with Gasteiger partial charge in [0, 0.05) is 43.5 Å². The molecule has 1 amide bonds. The van der Waals surface area contributed by atoms with E-state index in [4.69, 9.17) is 0 Å². The molecule has 0 aliphatic carbocycles. The Bertz CT molecular complexity index is 426. The van der Waals surface area contributed by atoms with Crippen LogP contribution in [-0.4, -0.2) is 54.7 Å². The van der Waals surface area contributed by atoms with Crippen LogP contribution in [0.25, 0.3) is 0 Å². The summed E-state index contributed by atoms with van der Waals surface area (Å²) in [5, 5.41) is 3.25. The predicted octanol–water partition coefficient (Wildman–Crippen LogP) is 0.998. The summed E-state index contributed by atoms with van der Waals surface area (Å²) < 4.78 is 0. The Hall–Kier alpha value is -1.20. The number of anilines is 1. The fourth-order valence-electron chi connectivity index (χ4n) is 2.60. The van der Waals surface area contributed by atoms with E-state index in [-0.39, 0.29) is 11.9 Å². The topological polar surface area (TPSA) is 35.6 Å². The lowest BCUT2D eigenvalue weighted by Gasteiger charge is -2.37. The molecule has 4 nitrogen and oxygen atoms in total. The number of hydrogen-bond donors (Lipinski definition) is 1. The summed E-state index contributed by atoms with van der Waals surface area (Å²) in [6, 6.07) is 10.5. The van der Waals surface area contributed by atoms with Gasteiger partial charge in [-0.3, -0.25) is 10.1 Å². The SMILES string of the molecule is O=C(C1CSCN1)N1CCN(c2ccccc2)CC1. The summed E-state index contributed by atoms with van der Waals surface area (Å²) >= 11 is 1.80. The van der Waals surface area contributed by atoms with E-state index in [0.29, 0.717) is 0 Å². The van der Waals surface area contributed by atoms with Crippen molar-refractivity contribution >= 4 is 23.4 Å². The van der Waals surface area contributed by atoms with Crippen molar-refractivity contribution in [2.24, 2.45) is 0 Å². The third-order valence-corrected chi connectivity index (χ3v) is 4.67. The zero-order valence-electron chi connectivity index (χ0n) is 10.9. The number of benzene rings is 1. The lowest BCUT2D eigenvalue weighted by molar-refractivity contribution is -0.132. The van der Waals surface area contributed by atoms with Gasteiger partial charge in [0.25, 0.3) is 0 Å². The van der Waals surface area contributed by atoms with Gasteiger partial charge < -0.3 is 9.80 Å². The second-order valence-corrected chi connectivity index (χ2v) is 5.95. The molecule has 1 N–H and O–H groups in total. The molecule has 0 aromatic heterocycles. The van der Waals surface area contributed by atoms with Crippen LogP contribution in [0.15, 0.2) is 30.3 Å². The van der Waals surface area contributed by atoms with Gasteiger partial charge in [0.15, 0.2) is 0 Å². The minimum atomic E-state index is 0.0354. The van der Waals surface area contributed by atoms with Crippen LogP contribution < -0.4 is 10.2 Å². The average molecular weight is 277 g/mol. The van der Waals surface area contributed by atoms with Crippen molar-refractivity contribution in [3.05, 3.63) is 30.3 Å². The van der Waals surface area contributed by atoms with Crippen LogP contribution in [0, 0.1) is 0 Å². The third-order valence-electron chi connectivity index (χ3n) is 3.73. The zero-order chi connectivity index (χ0) is 13.1. The molecule has 102 valence electrons. The molecule has 1 aromatic carbocycles. The Morgan fingerprint density at radius 1 is 1.16 bits per heavy atom. The predicted molar refractivity (Wildman–Crippen MR) is 79.5 cm³/mol. The summed E-state index contributed by atoms with van der Waals surface area (Å²) in [6.45, 7) is 3.51. The number of para-hydroxylation sites is 1. The monoisotopic (exact) mass is 277 g/mol. The molecule has 2 aliphatic heterocycles. The van der Waals surface area contributed by atoms with Gasteiger partial charge in [-0.05, 0) is 12.1 Å². The minimum absolute atomic E-state index is 0.0354. The van der Waals surface area contributed by atoms with Crippen molar-refractivity contribution in [2.45, 2.75) is 6.04 Å². The van der Waals surface area contributed by atoms with Crippen LogP contribution in [-0.2, 0) is 4.79 Å². The maximum absolute atomic E-state index is 12.3. The smallest absolute Gasteiger partial charge is 0.240 e. The molecule has 19 heavy (non-hydrogen) atoms. The molecule has 0 radical (unpaired) electrons. The van der Waals surface area contributed by atoms with E-state index in [1.807, 2.05) is 11.0 Å². The number of rotatable bonds is 2. The summed E-state index contributed by atoms with van der Waals surface area (Å²) in [5.41, 5.74) is 1.25. The molecule has 1 aromatic rings. The first-order chi connectivity index (χ1) is 9.34. The normalized spacial score (nSPS) is 23.7. The van der Waals surface area contributed by atoms with Crippen LogP contribution in [0.2, 0.25) is 0 Å². The Kier molecular flexibility index (Phi) is 3.94. The average Bonchev–Trinajstić information content (AvgIpc) is 3.02. The number of piperazine rings is 1. The molecule has 1 unspecified atom stereocenters. The summed E-state index contributed by atoms with van der Waals surface area (Å²) in [6.07, 6.45) is 0. The standard InChI is InChI=1S/C14H19N3OS/c18-14(13-10-19-11-15-13)17-8-6-16(7-9-17)12-4-2-1-3-5-12/h1-5,13,15H,6-11H2. The number of carbonyl (C=O) groups is 1. The van der Waals surface area contributed by atoms with Gasteiger partial charge in [-0.25, -0.2) is 0 Å². The van der Waals surface area contributed by atoms with Gasteiger partial charge >= 0.3 is 0 Å². The van der Waals surface area contributed by atoms with E-state index >= 15 is 0 Å². The maximum atomic E-state index is 12.3. The first kappa shape index (κ1) is 12.8. The van der Waals surface area contributed by atoms with Gasteiger partial charge in [-0.1, -0.05) is 18.2 Å². The molecule has 2 saturated heterocycles. The largest absolute Gasteiger partial charge is 0.368 e. The zero-order valence-corrected chi connectivity index (χ0v) is 11.7. The highest BCUT2D eigenvalue weighted by molar-refractivity contribution is 7.99. The Morgan fingerprint density at radius 2 is 1.89 bits per heavy atom. The van der Waals surface area contributed by atoms with Crippen molar-refractivity contribution in [3.8, 4) is 0 Å². The third kappa shape index (κ3) is 2.87. The first-order valence-electron chi connectivity index (χ1n) is 6.74. The Balaban J connectivity index is 1.56. The molecule has 1 atom stereocenters. The number of amides is 1. The number of nitrogens with one attached hydrogen (secondary N) is 1. The lowest BCUT2D eigenvalue weighted by atomic mass is 10.2. The number of hydrogen-bond acceptors (Lipinski definition) is 4. The Labute approximate surface area is 118 Å². The molecular formula is C14H19N3OS. The van der Waals surface area contributed by atoms with Crippen LogP contribution in [0.1, 0.15) is 0 Å². The molecule has 3 rings (SSSR count). The van der Waals surface area contributed by atoms with Crippen molar-refractivity contribution in [1.29, 1.82) is 0 Å². The van der Waals surface area contributed by atoms with Crippen LogP contribution in [0.3, 0.4) is 0 Å². The minimum Gasteiger partial charge on any atom is -0.368 e. The number of carbonyl (C=O) groups excluding carboxylic acids is 1. The van der Waals surface area contributed by atoms with E-state index in [1.54, 1.807) is 11.8 Å². The number of thioether (sulfide) groups is 1.